The Balaban J connectivity index is 0.00000300. The maximum atomic E-state index is 12.1. The molecule has 0 saturated heterocycles. The lowest BCUT2D eigenvalue weighted by atomic mass is 9.95. The van der Waals surface area contributed by atoms with Gasteiger partial charge in [-0.1, -0.05) is 19.8 Å². The van der Waals surface area contributed by atoms with Crippen LogP contribution in [0.1, 0.15) is 69.9 Å². The predicted octanol–water partition coefficient (Wildman–Crippen LogP) is 2.80. The van der Waals surface area contributed by atoms with Crippen molar-refractivity contribution < 1.29 is 4.21 Å². The highest BCUT2D eigenvalue weighted by molar-refractivity contribution is 14.0. The third kappa shape index (κ3) is 7.18. The smallest absolute Gasteiger partial charge is 0.191 e. The summed E-state index contributed by atoms with van der Waals surface area (Å²) in [5.74, 6) is 3.90. The van der Waals surface area contributed by atoms with Gasteiger partial charge in [-0.05, 0) is 38.5 Å². The van der Waals surface area contributed by atoms with Crippen molar-refractivity contribution in [2.45, 2.75) is 89.0 Å². The van der Waals surface area contributed by atoms with E-state index in [1.165, 1.54) is 19.3 Å². The number of rotatable bonds is 7. The van der Waals surface area contributed by atoms with Gasteiger partial charge in [0.25, 0.3) is 0 Å². The number of aromatic nitrogens is 3. The molecule has 3 rings (SSSR count). The first kappa shape index (κ1) is 24.6. The van der Waals surface area contributed by atoms with E-state index >= 15 is 0 Å². The summed E-state index contributed by atoms with van der Waals surface area (Å²) in [6, 6.07) is 0.368. The molecule has 2 aliphatic rings. The van der Waals surface area contributed by atoms with Crippen molar-refractivity contribution in [1.82, 2.24) is 25.4 Å². The highest BCUT2D eigenvalue weighted by atomic mass is 127. The molecule has 3 atom stereocenters. The molecule has 0 aromatic carbocycles. The largest absolute Gasteiger partial charge is 0.356 e. The van der Waals surface area contributed by atoms with E-state index in [4.69, 9.17) is 0 Å². The standard InChI is InChI=1S/C20H36N6OS.HI/c1-3-28(27)17-10-7-9-16(15-17)23-20(21-2)22-13-8-12-19-25-24-18-11-5-4-6-14-26(18)19;/h16-17H,3-15H2,1-2H3,(H2,21,22,23);1H. The molecule has 1 saturated carbocycles. The van der Waals surface area contributed by atoms with Gasteiger partial charge in [0.15, 0.2) is 5.96 Å². The number of hydrogen-bond donors (Lipinski definition) is 2. The fourth-order valence-electron chi connectivity index (χ4n) is 4.32. The van der Waals surface area contributed by atoms with E-state index < -0.39 is 10.8 Å². The van der Waals surface area contributed by atoms with Crippen LogP contribution in [-0.4, -0.2) is 55.6 Å². The zero-order valence-electron chi connectivity index (χ0n) is 17.9. The van der Waals surface area contributed by atoms with Gasteiger partial charge in [0.2, 0.25) is 0 Å². The molecular weight excluding hydrogens is 499 g/mol. The van der Waals surface area contributed by atoms with Crippen LogP contribution >= 0.6 is 24.0 Å². The summed E-state index contributed by atoms with van der Waals surface area (Å²) in [6.45, 7) is 3.94. The van der Waals surface area contributed by atoms with Gasteiger partial charge in [-0.2, -0.15) is 0 Å². The lowest BCUT2D eigenvalue weighted by Crippen LogP contribution is -2.46. The average Bonchev–Trinajstić information content (AvgIpc) is 2.95. The molecule has 29 heavy (non-hydrogen) atoms. The lowest BCUT2D eigenvalue weighted by molar-refractivity contribution is 0.413. The molecule has 0 spiro atoms. The molecule has 2 heterocycles. The van der Waals surface area contributed by atoms with E-state index in [-0.39, 0.29) is 24.0 Å². The Morgan fingerprint density at radius 1 is 1.24 bits per heavy atom. The van der Waals surface area contributed by atoms with Crippen LogP contribution in [0.4, 0.5) is 0 Å². The SMILES string of the molecule is CCS(=O)C1CCCC(NC(=NC)NCCCc2nnc3n2CCCCC3)C1.I. The first-order valence-corrected chi connectivity index (χ1v) is 12.3. The van der Waals surface area contributed by atoms with E-state index in [0.717, 1.165) is 81.4 Å². The summed E-state index contributed by atoms with van der Waals surface area (Å²) in [6.07, 6.45) is 11.1. The third-order valence-corrected chi connectivity index (χ3v) is 7.64. The zero-order valence-corrected chi connectivity index (χ0v) is 21.0. The molecule has 166 valence electrons. The fraction of sp³-hybridized carbons (Fsp3) is 0.850. The van der Waals surface area contributed by atoms with Gasteiger partial charge in [0, 0.05) is 60.8 Å². The maximum absolute atomic E-state index is 12.1. The Hall–Kier alpha value is -0.710. The van der Waals surface area contributed by atoms with Crippen LogP contribution in [0, 0.1) is 0 Å². The summed E-state index contributed by atoms with van der Waals surface area (Å²) >= 11 is 0. The Bertz CT molecular complexity index is 680. The Morgan fingerprint density at radius 2 is 2.10 bits per heavy atom. The molecule has 1 aromatic rings. The number of fused-ring (bicyclic) bond motifs is 1. The number of nitrogens with zero attached hydrogens (tertiary/aromatic N) is 4. The van der Waals surface area contributed by atoms with E-state index in [0.29, 0.717) is 11.3 Å². The summed E-state index contributed by atoms with van der Waals surface area (Å²) in [7, 11) is 1.12. The molecule has 0 amide bonds. The lowest BCUT2D eigenvalue weighted by Gasteiger charge is -2.30. The van der Waals surface area contributed by atoms with Crippen LogP contribution in [0.5, 0.6) is 0 Å². The second-order valence-electron chi connectivity index (χ2n) is 7.90. The second-order valence-corrected chi connectivity index (χ2v) is 9.90. The molecule has 0 radical (unpaired) electrons. The van der Waals surface area contributed by atoms with Crippen molar-refractivity contribution in [1.29, 1.82) is 0 Å². The quantitative estimate of drug-likeness (QED) is 0.242. The number of nitrogens with one attached hydrogen (secondary N) is 2. The van der Waals surface area contributed by atoms with Gasteiger partial charge >= 0.3 is 0 Å². The van der Waals surface area contributed by atoms with Crippen molar-refractivity contribution >= 4 is 40.7 Å². The molecule has 1 aliphatic carbocycles. The first-order chi connectivity index (χ1) is 13.7. The summed E-state index contributed by atoms with van der Waals surface area (Å²) in [5.41, 5.74) is 0. The molecule has 9 heteroatoms. The van der Waals surface area contributed by atoms with Crippen molar-refractivity contribution in [2.24, 2.45) is 4.99 Å². The number of aryl methyl sites for hydroxylation is 2. The van der Waals surface area contributed by atoms with Crippen LogP contribution in [0.25, 0.3) is 0 Å². The van der Waals surface area contributed by atoms with Gasteiger partial charge in [-0.25, -0.2) is 0 Å². The molecule has 3 unspecified atom stereocenters. The predicted molar refractivity (Wildman–Crippen MR) is 131 cm³/mol. The van der Waals surface area contributed by atoms with Gasteiger partial charge in [0.1, 0.15) is 11.6 Å². The van der Waals surface area contributed by atoms with Crippen molar-refractivity contribution in [2.75, 3.05) is 19.3 Å². The second kappa shape index (κ2) is 12.9. The van der Waals surface area contributed by atoms with Crippen LogP contribution in [0.15, 0.2) is 4.99 Å². The fourth-order valence-corrected chi connectivity index (χ4v) is 5.67. The number of hydrogen-bond acceptors (Lipinski definition) is 4. The van der Waals surface area contributed by atoms with Crippen LogP contribution < -0.4 is 10.6 Å². The molecule has 7 nitrogen and oxygen atoms in total. The molecule has 0 bridgehead atoms. The van der Waals surface area contributed by atoms with Crippen LogP contribution in [0.2, 0.25) is 0 Å². The molecular formula is C20H37IN6OS. The summed E-state index contributed by atoms with van der Waals surface area (Å²) < 4.78 is 14.5. The van der Waals surface area contributed by atoms with Gasteiger partial charge in [-0.15, -0.1) is 34.2 Å². The van der Waals surface area contributed by atoms with Crippen molar-refractivity contribution in [3.05, 3.63) is 11.6 Å². The van der Waals surface area contributed by atoms with Crippen molar-refractivity contribution in [3.63, 3.8) is 0 Å². The van der Waals surface area contributed by atoms with E-state index in [9.17, 15) is 4.21 Å². The molecule has 1 aliphatic heterocycles. The topological polar surface area (TPSA) is 84.2 Å². The number of guanidine groups is 1. The summed E-state index contributed by atoms with van der Waals surface area (Å²) in [4.78, 5) is 4.37. The molecule has 1 aromatic heterocycles. The van der Waals surface area contributed by atoms with Crippen LogP contribution in [0.3, 0.4) is 0 Å². The maximum Gasteiger partial charge on any atom is 0.191 e. The van der Waals surface area contributed by atoms with E-state index in [2.05, 4.69) is 30.4 Å². The Labute approximate surface area is 194 Å². The minimum absolute atomic E-state index is 0. The minimum atomic E-state index is -0.693. The molecule has 2 N–H and O–H groups in total. The van der Waals surface area contributed by atoms with Gasteiger partial charge < -0.3 is 15.2 Å². The van der Waals surface area contributed by atoms with E-state index in [1.54, 1.807) is 0 Å². The normalized spacial score (nSPS) is 23.4. The zero-order chi connectivity index (χ0) is 19.8. The monoisotopic (exact) mass is 536 g/mol. The Morgan fingerprint density at radius 3 is 2.90 bits per heavy atom. The van der Waals surface area contributed by atoms with Gasteiger partial charge in [-0.3, -0.25) is 9.20 Å². The van der Waals surface area contributed by atoms with Gasteiger partial charge in [0.05, 0.1) is 0 Å². The average molecular weight is 537 g/mol. The summed E-state index contributed by atoms with van der Waals surface area (Å²) in [5, 5.41) is 16.1. The highest BCUT2D eigenvalue weighted by Gasteiger charge is 2.26. The highest BCUT2D eigenvalue weighted by Crippen LogP contribution is 2.23. The van der Waals surface area contributed by atoms with Crippen molar-refractivity contribution in [3.8, 4) is 0 Å². The minimum Gasteiger partial charge on any atom is -0.356 e. The third-order valence-electron chi connectivity index (χ3n) is 5.90. The van der Waals surface area contributed by atoms with E-state index in [1.807, 2.05) is 14.0 Å². The Kier molecular flexibility index (Phi) is 10.9. The first-order valence-electron chi connectivity index (χ1n) is 11.0. The van der Waals surface area contributed by atoms with Crippen LogP contribution in [-0.2, 0) is 30.2 Å². The number of aliphatic imine (C=N–C) groups is 1. The number of halogens is 1. The molecule has 1 fully saturated rings.